The van der Waals surface area contributed by atoms with Crippen LogP contribution in [0.3, 0.4) is 0 Å². The number of aliphatic carboxylic acids is 1. The minimum Gasteiger partial charge on any atom is -0.480 e. The summed E-state index contributed by atoms with van der Waals surface area (Å²) in [5, 5.41) is 11.3. The number of fused-ring (bicyclic) bond motifs is 1. The van der Waals surface area contributed by atoms with E-state index in [1.807, 2.05) is 11.0 Å². The highest BCUT2D eigenvalue weighted by Gasteiger charge is 2.32. The lowest BCUT2D eigenvalue weighted by Gasteiger charge is -2.37. The van der Waals surface area contributed by atoms with Gasteiger partial charge in [0.05, 0.1) is 6.54 Å². The number of nitrogens with zero attached hydrogens (tertiary/aromatic N) is 3. The number of amides is 1. The van der Waals surface area contributed by atoms with Crippen molar-refractivity contribution in [3.05, 3.63) is 35.0 Å². The molecule has 1 amide bonds. The Hall–Kier alpha value is -2.09. The molecular formula is C18H23ClN4O3. The Kier molecular flexibility index (Phi) is 5.50. The number of piperazine rings is 1. The van der Waals surface area contributed by atoms with Crippen molar-refractivity contribution in [1.82, 2.24) is 19.7 Å². The fraction of sp³-hybridized carbons (Fsp3) is 0.444. The average Bonchev–Trinajstić information content (AvgIpc) is 2.99. The van der Waals surface area contributed by atoms with Crippen molar-refractivity contribution in [2.45, 2.75) is 6.04 Å². The predicted molar refractivity (Wildman–Crippen MR) is 100 cm³/mol. The summed E-state index contributed by atoms with van der Waals surface area (Å²) in [6.07, 6.45) is 1.75. The van der Waals surface area contributed by atoms with Crippen LogP contribution >= 0.6 is 11.6 Å². The summed E-state index contributed by atoms with van der Waals surface area (Å²) in [6.45, 7) is 2.86. The molecule has 26 heavy (non-hydrogen) atoms. The molecule has 140 valence electrons. The summed E-state index contributed by atoms with van der Waals surface area (Å²) in [5.74, 6) is -0.830. The third-order valence-electron chi connectivity index (χ3n) is 4.83. The van der Waals surface area contributed by atoms with Crippen molar-refractivity contribution in [2.24, 2.45) is 0 Å². The summed E-state index contributed by atoms with van der Waals surface area (Å²) in [5.41, 5.74) is 1.58. The first-order valence-corrected chi connectivity index (χ1v) is 8.90. The highest BCUT2D eigenvalue weighted by molar-refractivity contribution is 6.31. The Labute approximate surface area is 157 Å². The van der Waals surface area contributed by atoms with Gasteiger partial charge in [-0.25, -0.2) is 0 Å². The van der Waals surface area contributed by atoms with Crippen LogP contribution in [0.4, 0.5) is 0 Å². The summed E-state index contributed by atoms with van der Waals surface area (Å²) in [7, 11) is 3.47. The number of hydrogen-bond donors (Lipinski definition) is 2. The number of carbonyl (C=O) groups excluding carboxylic acids is 1. The fourth-order valence-corrected chi connectivity index (χ4v) is 3.51. The summed E-state index contributed by atoms with van der Waals surface area (Å²) >= 11 is 6.09. The highest BCUT2D eigenvalue weighted by Crippen LogP contribution is 2.31. The zero-order chi connectivity index (χ0) is 18.8. The van der Waals surface area contributed by atoms with Gasteiger partial charge >= 0.3 is 5.97 Å². The van der Waals surface area contributed by atoms with E-state index in [9.17, 15) is 14.7 Å². The number of H-pyrrole nitrogens is 1. The van der Waals surface area contributed by atoms with Crippen LogP contribution in [-0.2, 0) is 9.59 Å². The average molecular weight is 379 g/mol. The van der Waals surface area contributed by atoms with E-state index in [4.69, 9.17) is 11.6 Å². The molecule has 2 N–H and O–H groups in total. The Morgan fingerprint density at radius 3 is 2.58 bits per heavy atom. The number of carboxylic acids is 1. The van der Waals surface area contributed by atoms with E-state index in [1.165, 1.54) is 0 Å². The van der Waals surface area contributed by atoms with E-state index in [-0.39, 0.29) is 5.91 Å². The molecule has 0 saturated carbocycles. The first-order valence-electron chi connectivity index (χ1n) is 8.52. The first-order chi connectivity index (χ1) is 12.4. The van der Waals surface area contributed by atoms with Gasteiger partial charge in [0.2, 0.25) is 5.91 Å². The lowest BCUT2D eigenvalue weighted by Crippen LogP contribution is -2.51. The molecule has 3 rings (SSSR count). The van der Waals surface area contributed by atoms with E-state index >= 15 is 0 Å². The van der Waals surface area contributed by atoms with E-state index in [0.717, 1.165) is 10.9 Å². The SMILES string of the molecule is CN(C)C(=O)CN1CCN(C(C(=O)O)c2c[nH]c3ccc(Cl)cc23)CC1. The monoisotopic (exact) mass is 378 g/mol. The molecule has 1 aliphatic heterocycles. The number of likely N-dealkylation sites (N-methyl/N-ethyl adjacent to an activating group) is 1. The lowest BCUT2D eigenvalue weighted by atomic mass is 10.0. The topological polar surface area (TPSA) is 79.9 Å². The quantitative estimate of drug-likeness (QED) is 0.827. The van der Waals surface area contributed by atoms with Crippen molar-refractivity contribution >= 4 is 34.4 Å². The van der Waals surface area contributed by atoms with Gasteiger partial charge in [-0.05, 0) is 18.2 Å². The van der Waals surface area contributed by atoms with Gasteiger partial charge in [0.1, 0.15) is 6.04 Å². The number of hydrogen-bond acceptors (Lipinski definition) is 4. The number of rotatable bonds is 5. The number of halogens is 1. The van der Waals surface area contributed by atoms with Crippen LogP contribution in [0.25, 0.3) is 10.9 Å². The minimum absolute atomic E-state index is 0.0551. The van der Waals surface area contributed by atoms with Crippen LogP contribution in [0.1, 0.15) is 11.6 Å². The van der Waals surface area contributed by atoms with E-state index < -0.39 is 12.0 Å². The number of carbonyl (C=O) groups is 2. The second kappa shape index (κ2) is 7.65. The number of nitrogens with one attached hydrogen (secondary N) is 1. The second-order valence-corrected chi connectivity index (χ2v) is 7.21. The van der Waals surface area contributed by atoms with Gasteiger partial charge in [0.25, 0.3) is 0 Å². The molecule has 1 fully saturated rings. The molecule has 2 heterocycles. The van der Waals surface area contributed by atoms with E-state index in [0.29, 0.717) is 43.3 Å². The molecule has 2 aromatic rings. The van der Waals surface area contributed by atoms with Crippen molar-refractivity contribution in [2.75, 3.05) is 46.8 Å². The van der Waals surface area contributed by atoms with Crippen molar-refractivity contribution in [3.63, 3.8) is 0 Å². The van der Waals surface area contributed by atoms with Crippen LogP contribution in [0.2, 0.25) is 5.02 Å². The number of aromatic amines is 1. The molecule has 0 bridgehead atoms. The maximum atomic E-state index is 12.0. The maximum Gasteiger partial charge on any atom is 0.325 e. The molecule has 1 atom stereocenters. The maximum absolute atomic E-state index is 12.0. The van der Waals surface area contributed by atoms with Crippen molar-refractivity contribution in [3.8, 4) is 0 Å². The summed E-state index contributed by atoms with van der Waals surface area (Å²) in [6, 6.07) is 4.68. The molecule has 0 spiro atoms. The second-order valence-electron chi connectivity index (χ2n) is 6.77. The Morgan fingerprint density at radius 1 is 1.27 bits per heavy atom. The molecule has 1 aliphatic rings. The Morgan fingerprint density at radius 2 is 1.96 bits per heavy atom. The van der Waals surface area contributed by atoms with Gasteiger partial charge in [-0.2, -0.15) is 0 Å². The predicted octanol–water partition coefficient (Wildman–Crippen LogP) is 1.65. The van der Waals surface area contributed by atoms with Gasteiger partial charge in [-0.3, -0.25) is 19.4 Å². The van der Waals surface area contributed by atoms with Crippen LogP contribution in [0.15, 0.2) is 24.4 Å². The van der Waals surface area contributed by atoms with Crippen molar-refractivity contribution < 1.29 is 14.7 Å². The molecule has 1 unspecified atom stereocenters. The summed E-state index contributed by atoms with van der Waals surface area (Å²) < 4.78 is 0. The highest BCUT2D eigenvalue weighted by atomic mass is 35.5. The molecule has 8 heteroatoms. The number of benzene rings is 1. The molecule has 0 radical (unpaired) electrons. The fourth-order valence-electron chi connectivity index (χ4n) is 3.34. The Balaban J connectivity index is 1.76. The normalized spacial score (nSPS) is 17.3. The van der Waals surface area contributed by atoms with Crippen LogP contribution in [-0.4, -0.2) is 83.5 Å². The molecule has 1 aromatic carbocycles. The van der Waals surface area contributed by atoms with Gasteiger partial charge in [0.15, 0.2) is 0 Å². The standard InChI is InChI=1S/C18H23ClN4O3/c1-21(2)16(24)11-22-5-7-23(8-6-22)17(18(25)26)14-10-20-15-4-3-12(19)9-13(14)15/h3-4,9-10,17,20H,5-8,11H2,1-2H3,(H,25,26). The molecule has 0 aliphatic carbocycles. The molecule has 7 nitrogen and oxygen atoms in total. The zero-order valence-electron chi connectivity index (χ0n) is 14.9. The molecule has 1 aromatic heterocycles. The lowest BCUT2D eigenvalue weighted by molar-refractivity contribution is -0.145. The minimum atomic E-state index is -0.885. The first kappa shape index (κ1) is 18.7. The van der Waals surface area contributed by atoms with Crippen LogP contribution < -0.4 is 0 Å². The van der Waals surface area contributed by atoms with E-state index in [1.54, 1.807) is 37.3 Å². The van der Waals surface area contributed by atoms with Crippen LogP contribution in [0.5, 0.6) is 0 Å². The third-order valence-corrected chi connectivity index (χ3v) is 5.07. The van der Waals surface area contributed by atoms with Crippen molar-refractivity contribution in [1.29, 1.82) is 0 Å². The van der Waals surface area contributed by atoms with Gasteiger partial charge in [-0.1, -0.05) is 11.6 Å². The van der Waals surface area contributed by atoms with E-state index in [2.05, 4.69) is 9.88 Å². The van der Waals surface area contributed by atoms with Gasteiger partial charge in [-0.15, -0.1) is 0 Å². The zero-order valence-corrected chi connectivity index (χ0v) is 15.7. The Bertz CT molecular complexity index is 812. The van der Waals surface area contributed by atoms with Gasteiger partial charge < -0.3 is 15.0 Å². The number of carboxylic acid groups (broad SMARTS) is 1. The molecule has 1 saturated heterocycles. The largest absolute Gasteiger partial charge is 0.480 e. The van der Waals surface area contributed by atoms with Crippen LogP contribution in [0, 0.1) is 0 Å². The smallest absolute Gasteiger partial charge is 0.325 e. The molecular weight excluding hydrogens is 356 g/mol. The van der Waals surface area contributed by atoms with Gasteiger partial charge in [0, 0.05) is 68.0 Å². The number of aromatic nitrogens is 1. The summed E-state index contributed by atoms with van der Waals surface area (Å²) in [4.78, 5) is 32.6. The third kappa shape index (κ3) is 3.85.